The Balaban J connectivity index is 2.11. The fourth-order valence-electron chi connectivity index (χ4n) is 2.05. The van der Waals surface area contributed by atoms with Gasteiger partial charge in [0, 0.05) is 31.8 Å². The third-order valence-corrected chi connectivity index (χ3v) is 2.84. The molecule has 1 aromatic carbocycles. The lowest BCUT2D eigenvalue weighted by Gasteiger charge is -2.26. The molecule has 17 heavy (non-hydrogen) atoms. The molecule has 1 fully saturated rings. The van der Waals surface area contributed by atoms with Gasteiger partial charge in [0.15, 0.2) is 0 Å². The van der Waals surface area contributed by atoms with Crippen LogP contribution in [0.2, 0.25) is 0 Å². The molecule has 92 valence electrons. The van der Waals surface area contributed by atoms with Crippen LogP contribution in [-0.4, -0.2) is 36.1 Å². The summed E-state index contributed by atoms with van der Waals surface area (Å²) in [4.78, 5) is 12.7. The lowest BCUT2D eigenvalue weighted by atomic mass is 10.1. The molecule has 0 bridgehead atoms. The molecule has 0 spiro atoms. The largest absolute Gasteiger partial charge is 0.379 e. The Morgan fingerprint density at radius 1 is 1.35 bits per heavy atom. The predicted octanol–water partition coefficient (Wildman–Crippen LogP) is 1.74. The van der Waals surface area contributed by atoms with E-state index in [0.717, 1.165) is 44.0 Å². The molecule has 0 aromatic heterocycles. The van der Waals surface area contributed by atoms with E-state index in [0.29, 0.717) is 0 Å². The van der Waals surface area contributed by atoms with Crippen molar-refractivity contribution >= 4 is 5.69 Å². The molecule has 0 N–H and O–H groups in total. The fraction of sp³-hybridized carbons (Fsp3) is 0.500. The lowest BCUT2D eigenvalue weighted by Crippen LogP contribution is -2.35. The molecule has 5 heteroatoms. The number of hydrogen-bond acceptors (Lipinski definition) is 4. The van der Waals surface area contributed by atoms with Gasteiger partial charge >= 0.3 is 0 Å². The third kappa shape index (κ3) is 3.25. The summed E-state index contributed by atoms with van der Waals surface area (Å²) < 4.78 is 5.27. The Kier molecular flexibility index (Phi) is 3.71. The number of benzene rings is 1. The van der Waals surface area contributed by atoms with E-state index in [1.165, 1.54) is 0 Å². The maximum absolute atomic E-state index is 10.8. The van der Waals surface area contributed by atoms with Gasteiger partial charge in [0.1, 0.15) is 0 Å². The van der Waals surface area contributed by atoms with E-state index in [-0.39, 0.29) is 10.6 Å². The Bertz CT molecular complexity index is 414. The van der Waals surface area contributed by atoms with E-state index >= 15 is 0 Å². The lowest BCUT2D eigenvalue weighted by molar-refractivity contribution is -0.385. The summed E-state index contributed by atoms with van der Waals surface area (Å²) in [5.74, 6) is 0. The van der Waals surface area contributed by atoms with Crippen LogP contribution in [0.5, 0.6) is 0 Å². The van der Waals surface area contributed by atoms with E-state index in [9.17, 15) is 10.1 Å². The van der Waals surface area contributed by atoms with Gasteiger partial charge in [0.25, 0.3) is 5.69 Å². The van der Waals surface area contributed by atoms with Gasteiger partial charge < -0.3 is 4.74 Å². The van der Waals surface area contributed by atoms with Crippen LogP contribution in [0.3, 0.4) is 0 Å². The summed E-state index contributed by atoms with van der Waals surface area (Å²) in [6.07, 6.45) is 0. The number of hydrogen-bond donors (Lipinski definition) is 0. The fourth-order valence-corrected chi connectivity index (χ4v) is 2.05. The Labute approximate surface area is 100 Å². The van der Waals surface area contributed by atoms with Crippen LogP contribution < -0.4 is 0 Å². The monoisotopic (exact) mass is 236 g/mol. The van der Waals surface area contributed by atoms with Gasteiger partial charge in [-0.05, 0) is 18.1 Å². The first-order valence-electron chi connectivity index (χ1n) is 5.70. The minimum absolute atomic E-state index is 0.174. The summed E-state index contributed by atoms with van der Waals surface area (Å²) in [5.41, 5.74) is 2.11. The molecule has 0 saturated carbocycles. The van der Waals surface area contributed by atoms with E-state index in [2.05, 4.69) is 4.90 Å². The first kappa shape index (κ1) is 12.0. The molecule has 1 aliphatic heterocycles. The summed E-state index contributed by atoms with van der Waals surface area (Å²) in [6.45, 7) is 5.91. The average molecular weight is 236 g/mol. The van der Waals surface area contributed by atoms with Gasteiger partial charge in [0.2, 0.25) is 0 Å². The molecule has 2 rings (SSSR count). The molecule has 0 amide bonds. The summed E-state index contributed by atoms with van der Waals surface area (Å²) in [5, 5.41) is 10.8. The molecule has 0 radical (unpaired) electrons. The molecular formula is C12H16N2O3. The third-order valence-electron chi connectivity index (χ3n) is 2.84. The zero-order valence-electron chi connectivity index (χ0n) is 9.89. The number of nitrogens with zero attached hydrogens (tertiary/aromatic N) is 2. The van der Waals surface area contributed by atoms with Crippen molar-refractivity contribution in [1.29, 1.82) is 0 Å². The van der Waals surface area contributed by atoms with Gasteiger partial charge in [-0.25, -0.2) is 0 Å². The molecular weight excluding hydrogens is 220 g/mol. The van der Waals surface area contributed by atoms with Gasteiger partial charge in [-0.3, -0.25) is 15.0 Å². The standard InChI is InChI=1S/C12H16N2O3/c1-10-6-11(8-12(7-10)14(15)16)9-13-2-4-17-5-3-13/h6-8H,2-5,9H2,1H3. The van der Waals surface area contributed by atoms with Crippen LogP contribution in [0.15, 0.2) is 18.2 Å². The van der Waals surface area contributed by atoms with Gasteiger partial charge in [0.05, 0.1) is 18.1 Å². The number of ether oxygens (including phenoxy) is 1. The number of aryl methyl sites for hydroxylation is 1. The molecule has 0 unspecified atom stereocenters. The maximum atomic E-state index is 10.8. The minimum Gasteiger partial charge on any atom is -0.379 e. The van der Waals surface area contributed by atoms with E-state index in [4.69, 9.17) is 4.74 Å². The number of rotatable bonds is 3. The van der Waals surface area contributed by atoms with Crippen LogP contribution >= 0.6 is 0 Å². The maximum Gasteiger partial charge on any atom is 0.270 e. The second-order valence-corrected chi connectivity index (χ2v) is 4.32. The predicted molar refractivity (Wildman–Crippen MR) is 63.9 cm³/mol. The SMILES string of the molecule is Cc1cc(CN2CCOCC2)cc([N+](=O)[O-])c1. The first-order valence-corrected chi connectivity index (χ1v) is 5.70. The Morgan fingerprint density at radius 2 is 2.06 bits per heavy atom. The summed E-state index contributed by atoms with van der Waals surface area (Å²) in [6, 6.07) is 5.26. The highest BCUT2D eigenvalue weighted by Gasteiger charge is 2.13. The van der Waals surface area contributed by atoms with Crippen molar-refractivity contribution in [2.45, 2.75) is 13.5 Å². The molecule has 1 heterocycles. The summed E-state index contributed by atoms with van der Waals surface area (Å²) in [7, 11) is 0. The van der Waals surface area contributed by atoms with E-state index < -0.39 is 0 Å². The van der Waals surface area contributed by atoms with Crippen molar-refractivity contribution in [3.05, 3.63) is 39.4 Å². The molecule has 1 saturated heterocycles. The Morgan fingerprint density at radius 3 is 2.71 bits per heavy atom. The zero-order valence-corrected chi connectivity index (χ0v) is 9.89. The molecule has 5 nitrogen and oxygen atoms in total. The highest BCUT2D eigenvalue weighted by atomic mass is 16.6. The summed E-state index contributed by atoms with van der Waals surface area (Å²) >= 11 is 0. The normalized spacial score (nSPS) is 17.0. The van der Waals surface area contributed by atoms with Crippen LogP contribution in [0, 0.1) is 17.0 Å². The van der Waals surface area contributed by atoms with E-state index in [1.54, 1.807) is 12.1 Å². The van der Waals surface area contributed by atoms with Crippen LogP contribution in [0.25, 0.3) is 0 Å². The van der Waals surface area contributed by atoms with Gasteiger partial charge in [-0.1, -0.05) is 6.07 Å². The van der Waals surface area contributed by atoms with Crippen LogP contribution in [0.1, 0.15) is 11.1 Å². The molecule has 1 aromatic rings. The highest BCUT2D eigenvalue weighted by Crippen LogP contribution is 2.18. The number of morpholine rings is 1. The molecule has 0 aliphatic carbocycles. The smallest absolute Gasteiger partial charge is 0.270 e. The zero-order chi connectivity index (χ0) is 12.3. The van der Waals surface area contributed by atoms with Crippen molar-refractivity contribution in [2.24, 2.45) is 0 Å². The first-order chi connectivity index (χ1) is 8.15. The second-order valence-electron chi connectivity index (χ2n) is 4.32. The second kappa shape index (κ2) is 5.25. The number of nitro benzene ring substituents is 1. The van der Waals surface area contributed by atoms with Gasteiger partial charge in [-0.15, -0.1) is 0 Å². The van der Waals surface area contributed by atoms with E-state index in [1.807, 2.05) is 13.0 Å². The topological polar surface area (TPSA) is 55.6 Å². The average Bonchev–Trinajstić information content (AvgIpc) is 2.29. The van der Waals surface area contributed by atoms with Crippen molar-refractivity contribution in [2.75, 3.05) is 26.3 Å². The van der Waals surface area contributed by atoms with Crippen molar-refractivity contribution in [3.63, 3.8) is 0 Å². The van der Waals surface area contributed by atoms with Crippen LogP contribution in [0.4, 0.5) is 5.69 Å². The molecule has 0 atom stereocenters. The molecule has 1 aliphatic rings. The van der Waals surface area contributed by atoms with Crippen molar-refractivity contribution in [3.8, 4) is 0 Å². The number of nitro groups is 1. The highest BCUT2D eigenvalue weighted by molar-refractivity contribution is 5.38. The van der Waals surface area contributed by atoms with Crippen molar-refractivity contribution in [1.82, 2.24) is 4.90 Å². The Hall–Kier alpha value is -1.46. The van der Waals surface area contributed by atoms with Crippen molar-refractivity contribution < 1.29 is 9.66 Å². The number of non-ortho nitro benzene ring substituents is 1. The minimum atomic E-state index is -0.337. The van der Waals surface area contributed by atoms with Crippen LogP contribution in [-0.2, 0) is 11.3 Å². The quantitative estimate of drug-likeness (QED) is 0.592. The van der Waals surface area contributed by atoms with Gasteiger partial charge in [-0.2, -0.15) is 0 Å².